The first kappa shape index (κ1) is 23.3. The number of benzene rings is 1. The van der Waals surface area contributed by atoms with Gasteiger partial charge in [0.2, 0.25) is 11.8 Å². The fraction of sp³-hybridized carbons (Fsp3) is 0.704. The third-order valence-electron chi connectivity index (χ3n) is 8.27. The molecule has 32 heavy (non-hydrogen) atoms. The van der Waals surface area contributed by atoms with Crippen molar-refractivity contribution in [3.8, 4) is 0 Å². The minimum Gasteiger partial charge on any atom is -0.343 e. The first-order chi connectivity index (χ1) is 15.3. The molecule has 3 aliphatic rings. The number of aryl methyl sites for hydroxylation is 1. The molecule has 1 saturated heterocycles. The Morgan fingerprint density at radius 2 is 1.81 bits per heavy atom. The van der Waals surface area contributed by atoms with Crippen LogP contribution in [0.4, 0.5) is 0 Å². The predicted molar refractivity (Wildman–Crippen MR) is 128 cm³/mol. The van der Waals surface area contributed by atoms with Crippen LogP contribution in [0.15, 0.2) is 24.3 Å². The molecule has 1 heterocycles. The molecule has 1 aromatic rings. The molecule has 3 N–H and O–H groups in total. The van der Waals surface area contributed by atoms with Gasteiger partial charge in [-0.3, -0.25) is 9.59 Å². The molecule has 1 aromatic carbocycles. The summed E-state index contributed by atoms with van der Waals surface area (Å²) in [7, 11) is 0. The van der Waals surface area contributed by atoms with Crippen LogP contribution >= 0.6 is 0 Å². The topological polar surface area (TPSA) is 75.4 Å². The molecular weight excluding hydrogens is 398 g/mol. The standard InChI is InChI=1S/C27H41N3O2/c1-26(2,28)25(32)29-23(13-12-20-8-4-3-5-9-20)24(31)30-18-16-27(17-19-30)15-14-21-10-6-7-11-22(21)27/h6-7,10-11,20,23H,3-5,8-9,12-19,28H2,1-2H3,(H,29,32)/t23-/m1/s1. The number of hydrogen-bond acceptors (Lipinski definition) is 3. The van der Waals surface area contributed by atoms with Gasteiger partial charge in [-0.15, -0.1) is 0 Å². The first-order valence-corrected chi connectivity index (χ1v) is 12.8. The summed E-state index contributed by atoms with van der Waals surface area (Å²) >= 11 is 0. The van der Waals surface area contributed by atoms with Crippen molar-refractivity contribution in [2.45, 2.75) is 101 Å². The van der Waals surface area contributed by atoms with Crippen LogP contribution in [0.3, 0.4) is 0 Å². The lowest BCUT2D eigenvalue weighted by molar-refractivity contribution is -0.139. The summed E-state index contributed by atoms with van der Waals surface area (Å²) in [6.07, 6.45) is 12.5. The molecule has 1 spiro atoms. The third kappa shape index (κ3) is 5.03. The lowest BCUT2D eigenvalue weighted by atomic mass is 9.73. The SMILES string of the molecule is CC(C)(N)C(=O)N[C@H](CCC1CCCCC1)C(=O)N1CCC2(CCc3ccccc32)CC1. The summed E-state index contributed by atoms with van der Waals surface area (Å²) in [5.74, 6) is 0.527. The van der Waals surface area contributed by atoms with Gasteiger partial charge in [-0.25, -0.2) is 0 Å². The smallest absolute Gasteiger partial charge is 0.245 e. The van der Waals surface area contributed by atoms with E-state index in [9.17, 15) is 9.59 Å². The number of nitrogens with zero attached hydrogens (tertiary/aromatic N) is 1. The van der Waals surface area contributed by atoms with Crippen molar-refractivity contribution in [3.63, 3.8) is 0 Å². The molecule has 2 fully saturated rings. The van der Waals surface area contributed by atoms with E-state index >= 15 is 0 Å². The number of nitrogens with one attached hydrogen (secondary N) is 1. The van der Waals surface area contributed by atoms with Crippen molar-refractivity contribution in [1.29, 1.82) is 0 Å². The third-order valence-corrected chi connectivity index (χ3v) is 8.27. The van der Waals surface area contributed by atoms with E-state index in [1.165, 1.54) is 49.7 Å². The van der Waals surface area contributed by atoms with Crippen LogP contribution in [0, 0.1) is 5.92 Å². The second-order valence-corrected chi connectivity index (χ2v) is 11.1. The van der Waals surface area contributed by atoms with Crippen molar-refractivity contribution in [2.24, 2.45) is 11.7 Å². The molecule has 1 atom stereocenters. The zero-order valence-corrected chi connectivity index (χ0v) is 20.0. The average Bonchev–Trinajstić information content (AvgIpc) is 3.15. The Bertz CT molecular complexity index is 814. The molecule has 0 bridgehead atoms. The van der Waals surface area contributed by atoms with Crippen LogP contribution in [0.1, 0.15) is 89.2 Å². The zero-order valence-electron chi connectivity index (χ0n) is 20.0. The van der Waals surface area contributed by atoms with Crippen LogP contribution in [-0.4, -0.2) is 41.4 Å². The molecule has 5 heteroatoms. The number of fused-ring (bicyclic) bond motifs is 2. The molecule has 1 aliphatic heterocycles. The number of carbonyl (C=O) groups excluding carboxylic acids is 2. The van der Waals surface area contributed by atoms with Gasteiger partial charge in [-0.1, -0.05) is 56.4 Å². The van der Waals surface area contributed by atoms with E-state index in [1.807, 2.05) is 4.90 Å². The molecule has 1 saturated carbocycles. The van der Waals surface area contributed by atoms with Gasteiger partial charge in [-0.2, -0.15) is 0 Å². The maximum atomic E-state index is 13.6. The van der Waals surface area contributed by atoms with Crippen molar-refractivity contribution < 1.29 is 9.59 Å². The van der Waals surface area contributed by atoms with Crippen molar-refractivity contribution in [3.05, 3.63) is 35.4 Å². The number of rotatable bonds is 6. The van der Waals surface area contributed by atoms with Crippen molar-refractivity contribution in [2.75, 3.05) is 13.1 Å². The van der Waals surface area contributed by atoms with Crippen LogP contribution in [0.25, 0.3) is 0 Å². The molecule has 5 nitrogen and oxygen atoms in total. The minimum absolute atomic E-state index is 0.0829. The fourth-order valence-electron chi connectivity index (χ4n) is 6.14. The number of piperidine rings is 1. The number of amides is 2. The van der Waals surface area contributed by atoms with E-state index in [0.717, 1.165) is 45.2 Å². The Morgan fingerprint density at radius 1 is 1.12 bits per heavy atom. The van der Waals surface area contributed by atoms with Crippen LogP contribution < -0.4 is 11.1 Å². The highest BCUT2D eigenvalue weighted by Gasteiger charge is 2.42. The Balaban J connectivity index is 1.40. The predicted octanol–water partition coefficient (Wildman–Crippen LogP) is 4.08. The highest BCUT2D eigenvalue weighted by Crippen LogP contribution is 2.46. The second kappa shape index (κ2) is 9.54. The normalized spacial score (nSPS) is 21.9. The van der Waals surface area contributed by atoms with E-state index in [2.05, 4.69) is 29.6 Å². The molecular formula is C27H41N3O2. The number of hydrogen-bond donors (Lipinski definition) is 2. The molecule has 176 valence electrons. The van der Waals surface area contributed by atoms with Gasteiger partial charge in [0.15, 0.2) is 0 Å². The quantitative estimate of drug-likeness (QED) is 0.701. The van der Waals surface area contributed by atoms with E-state index < -0.39 is 11.6 Å². The molecule has 0 radical (unpaired) electrons. The summed E-state index contributed by atoms with van der Waals surface area (Å²) in [5.41, 5.74) is 8.26. The molecule has 4 rings (SSSR count). The minimum atomic E-state index is -0.983. The maximum Gasteiger partial charge on any atom is 0.245 e. The van der Waals surface area contributed by atoms with Crippen LogP contribution in [-0.2, 0) is 21.4 Å². The zero-order chi connectivity index (χ0) is 22.8. The highest BCUT2D eigenvalue weighted by molar-refractivity contribution is 5.91. The monoisotopic (exact) mass is 439 g/mol. The van der Waals surface area contributed by atoms with Gasteiger partial charge in [0.05, 0.1) is 5.54 Å². The van der Waals surface area contributed by atoms with Gasteiger partial charge >= 0.3 is 0 Å². The Morgan fingerprint density at radius 3 is 2.50 bits per heavy atom. The summed E-state index contributed by atoms with van der Waals surface area (Å²) in [6.45, 7) is 4.95. The second-order valence-electron chi connectivity index (χ2n) is 11.1. The van der Waals surface area contributed by atoms with Gasteiger partial charge < -0.3 is 16.0 Å². The highest BCUT2D eigenvalue weighted by atomic mass is 16.2. The molecule has 2 aliphatic carbocycles. The van der Waals surface area contributed by atoms with E-state index in [0.29, 0.717) is 5.92 Å². The molecule has 2 amide bonds. The van der Waals surface area contributed by atoms with Crippen LogP contribution in [0.2, 0.25) is 0 Å². The summed E-state index contributed by atoms with van der Waals surface area (Å²) in [6, 6.07) is 8.37. The fourth-order valence-corrected chi connectivity index (χ4v) is 6.14. The molecule has 0 unspecified atom stereocenters. The van der Waals surface area contributed by atoms with Crippen molar-refractivity contribution in [1.82, 2.24) is 10.2 Å². The average molecular weight is 440 g/mol. The Kier molecular flexibility index (Phi) is 6.94. The van der Waals surface area contributed by atoms with Gasteiger partial charge in [-0.05, 0) is 74.8 Å². The lowest BCUT2D eigenvalue weighted by Gasteiger charge is -2.41. The summed E-state index contributed by atoms with van der Waals surface area (Å²) in [5, 5.41) is 3.02. The van der Waals surface area contributed by atoms with Gasteiger partial charge in [0, 0.05) is 13.1 Å². The number of carbonyl (C=O) groups is 2. The van der Waals surface area contributed by atoms with Crippen LogP contribution in [0.5, 0.6) is 0 Å². The van der Waals surface area contributed by atoms with Gasteiger partial charge in [0.1, 0.15) is 6.04 Å². The maximum absolute atomic E-state index is 13.6. The Labute approximate surface area is 193 Å². The number of nitrogens with two attached hydrogens (primary N) is 1. The Hall–Kier alpha value is -1.88. The largest absolute Gasteiger partial charge is 0.343 e. The summed E-state index contributed by atoms with van der Waals surface area (Å²) in [4.78, 5) is 28.2. The summed E-state index contributed by atoms with van der Waals surface area (Å²) < 4.78 is 0. The first-order valence-electron chi connectivity index (χ1n) is 12.8. The number of likely N-dealkylation sites (tertiary alicyclic amines) is 1. The lowest BCUT2D eigenvalue weighted by Crippen LogP contribution is -2.57. The van der Waals surface area contributed by atoms with Gasteiger partial charge in [0.25, 0.3) is 0 Å². The van der Waals surface area contributed by atoms with E-state index in [-0.39, 0.29) is 17.2 Å². The van der Waals surface area contributed by atoms with E-state index in [4.69, 9.17) is 5.73 Å². The molecule has 0 aromatic heterocycles. The van der Waals surface area contributed by atoms with Crippen molar-refractivity contribution >= 4 is 11.8 Å². The van der Waals surface area contributed by atoms with E-state index in [1.54, 1.807) is 13.8 Å².